The molecule has 0 spiro atoms. The molecule has 0 aromatic carbocycles. The van der Waals surface area contributed by atoms with Crippen LogP contribution in [0.15, 0.2) is 17.0 Å². The van der Waals surface area contributed by atoms with Gasteiger partial charge in [-0.1, -0.05) is 5.16 Å². The second kappa shape index (κ2) is 4.48. The van der Waals surface area contributed by atoms with E-state index in [9.17, 15) is 14.7 Å². The van der Waals surface area contributed by atoms with E-state index in [1.807, 2.05) is 0 Å². The maximum Gasteiger partial charge on any atom is 0.326 e. The van der Waals surface area contributed by atoms with Crippen molar-refractivity contribution >= 4 is 11.9 Å². The molecular formula is C12H12N4O4. The Hall–Kier alpha value is -2.64. The average Bonchev–Trinajstić information content (AvgIpc) is 3.04. The van der Waals surface area contributed by atoms with Crippen molar-refractivity contribution in [3.63, 3.8) is 0 Å². The molecule has 1 aliphatic rings. The van der Waals surface area contributed by atoms with Crippen molar-refractivity contribution in [3.05, 3.63) is 35.2 Å². The number of carboxylic acid groups (broad SMARTS) is 1. The minimum atomic E-state index is -1.05. The Labute approximate surface area is 113 Å². The molecule has 2 aromatic rings. The molecule has 1 unspecified atom stereocenters. The highest BCUT2D eigenvalue weighted by molar-refractivity contribution is 5.97. The van der Waals surface area contributed by atoms with E-state index in [0.717, 1.165) is 5.69 Å². The molecule has 0 saturated carbocycles. The van der Waals surface area contributed by atoms with Crippen molar-refractivity contribution in [2.75, 3.05) is 0 Å². The lowest BCUT2D eigenvalue weighted by Gasteiger charge is -2.32. The Morgan fingerprint density at radius 2 is 2.35 bits per heavy atom. The van der Waals surface area contributed by atoms with Gasteiger partial charge in [-0.3, -0.25) is 4.79 Å². The number of imidazole rings is 1. The Kier molecular flexibility index (Phi) is 2.78. The van der Waals surface area contributed by atoms with E-state index in [4.69, 9.17) is 4.52 Å². The van der Waals surface area contributed by atoms with Crippen molar-refractivity contribution < 1.29 is 19.2 Å². The first-order valence-corrected chi connectivity index (χ1v) is 6.04. The molecule has 8 nitrogen and oxygen atoms in total. The fourth-order valence-corrected chi connectivity index (χ4v) is 2.33. The van der Waals surface area contributed by atoms with Gasteiger partial charge in [0, 0.05) is 6.42 Å². The van der Waals surface area contributed by atoms with Crippen molar-refractivity contribution in [1.29, 1.82) is 0 Å². The topological polar surface area (TPSA) is 112 Å². The minimum absolute atomic E-state index is 0.176. The van der Waals surface area contributed by atoms with Gasteiger partial charge in [-0.05, 0) is 6.92 Å². The summed E-state index contributed by atoms with van der Waals surface area (Å²) < 4.78 is 4.86. The number of nitrogens with zero attached hydrogens (tertiary/aromatic N) is 3. The quantitative estimate of drug-likeness (QED) is 0.818. The zero-order valence-corrected chi connectivity index (χ0v) is 10.7. The highest BCUT2D eigenvalue weighted by atomic mass is 16.5. The van der Waals surface area contributed by atoms with E-state index in [-0.39, 0.29) is 18.5 Å². The smallest absolute Gasteiger partial charge is 0.326 e. The number of carboxylic acids is 1. The summed E-state index contributed by atoms with van der Waals surface area (Å²) in [5.74, 6) is -1.09. The summed E-state index contributed by atoms with van der Waals surface area (Å²) in [5, 5.41) is 12.9. The lowest BCUT2D eigenvalue weighted by Crippen LogP contribution is -2.48. The van der Waals surface area contributed by atoms with Crippen LogP contribution in [0.2, 0.25) is 0 Å². The third-order valence-electron chi connectivity index (χ3n) is 3.43. The molecular weight excluding hydrogens is 264 g/mol. The molecule has 20 heavy (non-hydrogen) atoms. The molecule has 1 aliphatic heterocycles. The minimum Gasteiger partial charge on any atom is -0.480 e. The molecule has 104 valence electrons. The van der Waals surface area contributed by atoms with Crippen LogP contribution in [0.4, 0.5) is 0 Å². The zero-order valence-electron chi connectivity index (χ0n) is 10.7. The first-order valence-electron chi connectivity index (χ1n) is 6.04. The number of nitrogens with one attached hydrogen (secondary N) is 1. The molecule has 1 atom stereocenters. The van der Waals surface area contributed by atoms with Gasteiger partial charge in [0.05, 0.1) is 30.5 Å². The molecule has 3 heterocycles. The largest absolute Gasteiger partial charge is 0.480 e. The van der Waals surface area contributed by atoms with Gasteiger partial charge in [0.25, 0.3) is 5.91 Å². The number of H-pyrrole nitrogens is 1. The summed E-state index contributed by atoms with van der Waals surface area (Å²) in [6.07, 6.45) is 2.99. The van der Waals surface area contributed by atoms with Crippen molar-refractivity contribution in [2.45, 2.75) is 25.9 Å². The fourth-order valence-electron chi connectivity index (χ4n) is 2.33. The molecule has 2 N–H and O–H groups in total. The van der Waals surface area contributed by atoms with E-state index in [1.165, 1.54) is 17.4 Å². The van der Waals surface area contributed by atoms with Crippen molar-refractivity contribution in [3.8, 4) is 0 Å². The van der Waals surface area contributed by atoms with Crippen LogP contribution in [0.5, 0.6) is 0 Å². The number of fused-ring (bicyclic) bond motifs is 1. The van der Waals surface area contributed by atoms with E-state index in [1.54, 1.807) is 6.92 Å². The maximum atomic E-state index is 12.5. The normalized spacial score (nSPS) is 17.9. The Morgan fingerprint density at radius 1 is 1.55 bits per heavy atom. The summed E-state index contributed by atoms with van der Waals surface area (Å²) >= 11 is 0. The van der Waals surface area contributed by atoms with Crippen LogP contribution in [0.25, 0.3) is 0 Å². The van der Waals surface area contributed by atoms with Gasteiger partial charge in [0.2, 0.25) is 0 Å². The van der Waals surface area contributed by atoms with Crippen LogP contribution in [0.3, 0.4) is 0 Å². The summed E-state index contributed by atoms with van der Waals surface area (Å²) in [6, 6.07) is -0.937. The number of aromatic amines is 1. The Balaban J connectivity index is 1.96. The second-order valence-corrected chi connectivity index (χ2v) is 4.61. The summed E-state index contributed by atoms with van der Waals surface area (Å²) in [4.78, 5) is 32.1. The first-order chi connectivity index (χ1) is 9.58. The predicted octanol–water partition coefficient (Wildman–Crippen LogP) is 0.358. The molecule has 0 radical (unpaired) electrons. The van der Waals surface area contributed by atoms with Crippen molar-refractivity contribution in [2.24, 2.45) is 0 Å². The summed E-state index contributed by atoms with van der Waals surface area (Å²) in [7, 11) is 0. The molecule has 0 fully saturated rings. The number of aromatic nitrogens is 3. The second-order valence-electron chi connectivity index (χ2n) is 4.61. The van der Waals surface area contributed by atoms with Crippen molar-refractivity contribution in [1.82, 2.24) is 20.0 Å². The van der Waals surface area contributed by atoms with Gasteiger partial charge in [-0.15, -0.1) is 0 Å². The van der Waals surface area contributed by atoms with Crippen LogP contribution in [-0.4, -0.2) is 43.0 Å². The SMILES string of the molecule is Cc1oncc1C(=O)N1Cc2[nH]cnc2CC1C(=O)O. The summed E-state index contributed by atoms with van der Waals surface area (Å²) in [5.41, 5.74) is 1.72. The number of aryl methyl sites for hydroxylation is 1. The predicted molar refractivity (Wildman–Crippen MR) is 64.8 cm³/mol. The standard InChI is InChI=1S/C12H12N4O4/c1-6-7(3-15-20-6)11(17)16-4-9-8(13-5-14-9)2-10(16)12(18)19/h3,5,10H,2,4H2,1H3,(H,13,14)(H,18,19). The number of carbonyl (C=O) groups is 2. The first kappa shape index (κ1) is 12.4. The Morgan fingerprint density at radius 3 is 3.00 bits per heavy atom. The third kappa shape index (κ3) is 1.85. The van der Waals surface area contributed by atoms with Gasteiger partial charge < -0.3 is 19.5 Å². The number of carbonyl (C=O) groups excluding carboxylic acids is 1. The highest BCUT2D eigenvalue weighted by Gasteiger charge is 2.37. The number of rotatable bonds is 2. The molecule has 0 bridgehead atoms. The number of hydrogen-bond donors (Lipinski definition) is 2. The van der Waals surface area contributed by atoms with Gasteiger partial charge in [0.15, 0.2) is 0 Å². The van der Waals surface area contributed by atoms with Crippen LogP contribution in [0.1, 0.15) is 27.5 Å². The molecule has 0 aliphatic carbocycles. The van der Waals surface area contributed by atoms with Crippen LogP contribution in [-0.2, 0) is 17.8 Å². The van der Waals surface area contributed by atoms with E-state index in [2.05, 4.69) is 15.1 Å². The maximum absolute atomic E-state index is 12.5. The van der Waals surface area contributed by atoms with Gasteiger partial charge in [-0.2, -0.15) is 0 Å². The van der Waals surface area contributed by atoms with Crippen LogP contribution in [0, 0.1) is 6.92 Å². The molecule has 1 amide bonds. The van der Waals surface area contributed by atoms with E-state index in [0.29, 0.717) is 11.5 Å². The highest BCUT2D eigenvalue weighted by Crippen LogP contribution is 2.23. The molecule has 0 saturated heterocycles. The molecule has 2 aromatic heterocycles. The summed E-state index contributed by atoms with van der Waals surface area (Å²) in [6.45, 7) is 1.79. The van der Waals surface area contributed by atoms with Gasteiger partial charge in [-0.25, -0.2) is 9.78 Å². The average molecular weight is 276 g/mol. The molecule has 8 heteroatoms. The molecule has 3 rings (SSSR count). The van der Waals surface area contributed by atoms with Gasteiger partial charge in [0.1, 0.15) is 17.4 Å². The van der Waals surface area contributed by atoms with E-state index >= 15 is 0 Å². The fraction of sp³-hybridized carbons (Fsp3) is 0.333. The third-order valence-corrected chi connectivity index (χ3v) is 3.43. The van der Waals surface area contributed by atoms with Gasteiger partial charge >= 0.3 is 5.97 Å². The van der Waals surface area contributed by atoms with E-state index < -0.39 is 17.9 Å². The van der Waals surface area contributed by atoms with Crippen LogP contribution < -0.4 is 0 Å². The monoisotopic (exact) mass is 276 g/mol. The lowest BCUT2D eigenvalue weighted by molar-refractivity contribution is -0.142. The van der Waals surface area contributed by atoms with Crippen LogP contribution >= 0.6 is 0 Å². The number of hydrogen-bond acceptors (Lipinski definition) is 5. The number of amides is 1. The lowest BCUT2D eigenvalue weighted by atomic mass is 10.0. The number of aliphatic carboxylic acids is 1. The Bertz CT molecular complexity index is 675. The zero-order chi connectivity index (χ0) is 14.3.